The zero-order valence-electron chi connectivity index (χ0n) is 15.9. The highest BCUT2D eigenvalue weighted by molar-refractivity contribution is 5.93. The van der Waals surface area contributed by atoms with Crippen LogP contribution in [-0.2, 0) is 11.3 Å². The van der Waals surface area contributed by atoms with Crippen LogP contribution in [-0.4, -0.2) is 50.7 Å². The van der Waals surface area contributed by atoms with Crippen molar-refractivity contribution in [2.24, 2.45) is 0 Å². The van der Waals surface area contributed by atoms with Crippen molar-refractivity contribution in [2.75, 3.05) is 45.2 Å². The van der Waals surface area contributed by atoms with E-state index in [-0.39, 0.29) is 17.3 Å². The lowest BCUT2D eigenvalue weighted by molar-refractivity contribution is -1.02. The van der Waals surface area contributed by atoms with Crippen molar-refractivity contribution in [3.63, 3.8) is 0 Å². The van der Waals surface area contributed by atoms with E-state index in [0.717, 1.165) is 32.7 Å². The minimum absolute atomic E-state index is 0.0713. The van der Waals surface area contributed by atoms with Crippen molar-refractivity contribution in [3.05, 3.63) is 64.2 Å². The number of nitrogens with zero attached hydrogens (tertiary/aromatic N) is 1. The van der Waals surface area contributed by atoms with Crippen molar-refractivity contribution in [2.45, 2.75) is 6.54 Å². The molecule has 1 amide bonds. The fourth-order valence-electron chi connectivity index (χ4n) is 3.51. The first kappa shape index (κ1) is 19.8. The van der Waals surface area contributed by atoms with Gasteiger partial charge in [0.15, 0.2) is 6.54 Å². The number of benzene rings is 2. The van der Waals surface area contributed by atoms with Crippen LogP contribution < -0.4 is 19.9 Å². The van der Waals surface area contributed by atoms with Crippen LogP contribution in [0, 0.1) is 10.1 Å². The number of methoxy groups -OCH3 is 1. The van der Waals surface area contributed by atoms with Gasteiger partial charge in [-0.2, -0.15) is 0 Å². The number of anilines is 1. The molecule has 2 aromatic carbocycles. The number of nitro groups is 1. The zero-order valence-corrected chi connectivity index (χ0v) is 15.9. The summed E-state index contributed by atoms with van der Waals surface area (Å²) in [5, 5.41) is 13.7. The van der Waals surface area contributed by atoms with E-state index in [1.807, 2.05) is 6.07 Å². The van der Waals surface area contributed by atoms with Crippen LogP contribution in [0.3, 0.4) is 0 Å². The number of hydrogen-bond donors (Lipinski definition) is 3. The van der Waals surface area contributed by atoms with Gasteiger partial charge in [0.2, 0.25) is 0 Å². The fourth-order valence-corrected chi connectivity index (χ4v) is 3.51. The first-order valence-electron chi connectivity index (χ1n) is 9.38. The average Bonchev–Trinajstić information content (AvgIpc) is 2.70. The largest absolute Gasteiger partial charge is 0.494 e. The molecule has 1 saturated heterocycles. The monoisotopic (exact) mass is 386 g/mol. The molecule has 1 heterocycles. The van der Waals surface area contributed by atoms with E-state index in [0.29, 0.717) is 12.2 Å². The van der Waals surface area contributed by atoms with Gasteiger partial charge in [0, 0.05) is 11.6 Å². The number of nitrogens with one attached hydrogen (secondary N) is 3. The van der Waals surface area contributed by atoms with Crippen LogP contribution in [0.1, 0.15) is 5.56 Å². The number of carbonyl (C=O) groups excluding carboxylic acids is 1. The molecule has 8 heteroatoms. The third-order valence-corrected chi connectivity index (χ3v) is 5.04. The quantitative estimate of drug-likeness (QED) is 0.443. The van der Waals surface area contributed by atoms with Gasteiger partial charge in [0.05, 0.1) is 23.8 Å². The molecule has 2 aromatic rings. The predicted octanol–water partition coefficient (Wildman–Crippen LogP) is -0.474. The molecule has 0 radical (unpaired) electrons. The van der Waals surface area contributed by atoms with Crippen molar-refractivity contribution in [1.29, 1.82) is 0 Å². The van der Waals surface area contributed by atoms with E-state index >= 15 is 0 Å². The third kappa shape index (κ3) is 5.28. The number of amides is 1. The van der Waals surface area contributed by atoms with E-state index in [9.17, 15) is 14.9 Å². The minimum Gasteiger partial charge on any atom is -0.494 e. The Morgan fingerprint density at radius 2 is 1.79 bits per heavy atom. The van der Waals surface area contributed by atoms with Crippen molar-refractivity contribution in [3.8, 4) is 5.75 Å². The van der Waals surface area contributed by atoms with E-state index in [4.69, 9.17) is 4.74 Å². The van der Waals surface area contributed by atoms with Crippen molar-refractivity contribution < 1.29 is 24.3 Å². The maximum atomic E-state index is 12.4. The van der Waals surface area contributed by atoms with E-state index < -0.39 is 4.92 Å². The van der Waals surface area contributed by atoms with Gasteiger partial charge < -0.3 is 19.9 Å². The molecular weight excluding hydrogens is 360 g/mol. The molecule has 148 valence electrons. The molecule has 1 aliphatic heterocycles. The number of hydrogen-bond acceptors (Lipinski definition) is 4. The van der Waals surface area contributed by atoms with Gasteiger partial charge in [-0.05, 0) is 6.07 Å². The summed E-state index contributed by atoms with van der Waals surface area (Å²) < 4.78 is 5.17. The maximum absolute atomic E-state index is 12.4. The summed E-state index contributed by atoms with van der Waals surface area (Å²) in [6.07, 6.45) is 0. The molecular formula is C20H26N4O4+2. The molecule has 3 N–H and O–H groups in total. The first-order valence-corrected chi connectivity index (χ1v) is 9.38. The molecule has 0 saturated carbocycles. The second-order valence-electron chi connectivity index (χ2n) is 7.03. The second-order valence-corrected chi connectivity index (χ2v) is 7.03. The predicted molar refractivity (Wildman–Crippen MR) is 105 cm³/mol. The number of nitro benzene ring substituents is 1. The highest BCUT2D eigenvalue weighted by atomic mass is 16.6. The number of rotatable bonds is 7. The SMILES string of the molecule is COc1cc([N+](=O)[O-])ccc1NC(=O)C[NH+]1CC[NH+](Cc2ccccc2)CC1. The summed E-state index contributed by atoms with van der Waals surface area (Å²) in [7, 11) is 1.43. The Kier molecular flexibility index (Phi) is 6.57. The Morgan fingerprint density at radius 1 is 1.11 bits per heavy atom. The number of carbonyl (C=O) groups is 1. The van der Waals surface area contributed by atoms with Gasteiger partial charge in [0.25, 0.3) is 11.6 Å². The molecule has 0 unspecified atom stereocenters. The lowest BCUT2D eigenvalue weighted by Crippen LogP contribution is -3.28. The van der Waals surface area contributed by atoms with Gasteiger partial charge in [0.1, 0.15) is 38.5 Å². The maximum Gasteiger partial charge on any atom is 0.279 e. The van der Waals surface area contributed by atoms with Crippen LogP contribution in [0.5, 0.6) is 5.75 Å². The van der Waals surface area contributed by atoms with Crippen molar-refractivity contribution in [1.82, 2.24) is 0 Å². The number of quaternary nitrogens is 2. The van der Waals surface area contributed by atoms with Crippen molar-refractivity contribution >= 4 is 17.3 Å². The minimum atomic E-state index is -0.491. The highest BCUT2D eigenvalue weighted by Gasteiger charge is 2.25. The van der Waals surface area contributed by atoms with Gasteiger partial charge in [-0.3, -0.25) is 14.9 Å². The van der Waals surface area contributed by atoms with Crippen LogP contribution >= 0.6 is 0 Å². The number of ether oxygens (including phenoxy) is 1. The lowest BCUT2D eigenvalue weighted by Gasteiger charge is -2.29. The van der Waals surface area contributed by atoms with Crippen LogP contribution in [0.25, 0.3) is 0 Å². The Bertz CT molecular complexity index is 820. The number of piperazine rings is 1. The summed E-state index contributed by atoms with van der Waals surface area (Å²) in [4.78, 5) is 25.6. The molecule has 3 rings (SSSR count). The molecule has 0 aliphatic carbocycles. The van der Waals surface area contributed by atoms with E-state index in [1.54, 1.807) is 0 Å². The van der Waals surface area contributed by atoms with Gasteiger partial charge in [-0.1, -0.05) is 30.3 Å². The topological polar surface area (TPSA) is 90.3 Å². The Hall–Kier alpha value is -2.97. The third-order valence-electron chi connectivity index (χ3n) is 5.04. The smallest absolute Gasteiger partial charge is 0.279 e. The van der Waals surface area contributed by atoms with Gasteiger partial charge in [-0.15, -0.1) is 0 Å². The molecule has 0 bridgehead atoms. The summed E-state index contributed by atoms with van der Waals surface area (Å²) in [5.41, 5.74) is 1.72. The normalized spacial score (nSPS) is 19.0. The number of non-ortho nitro benzene ring substituents is 1. The van der Waals surface area contributed by atoms with Crippen LogP contribution in [0.4, 0.5) is 11.4 Å². The summed E-state index contributed by atoms with van der Waals surface area (Å²) >= 11 is 0. The molecule has 0 atom stereocenters. The van der Waals surface area contributed by atoms with Gasteiger partial charge >= 0.3 is 0 Å². The highest BCUT2D eigenvalue weighted by Crippen LogP contribution is 2.28. The summed E-state index contributed by atoms with van der Waals surface area (Å²) in [5.74, 6) is 0.170. The van der Waals surface area contributed by atoms with E-state index in [1.165, 1.54) is 40.7 Å². The molecule has 28 heavy (non-hydrogen) atoms. The first-order chi connectivity index (χ1) is 13.5. The Balaban J connectivity index is 1.49. The molecule has 1 fully saturated rings. The average molecular weight is 386 g/mol. The lowest BCUT2D eigenvalue weighted by atomic mass is 10.2. The Labute approximate surface area is 163 Å². The van der Waals surface area contributed by atoms with E-state index in [2.05, 4.69) is 29.6 Å². The second kappa shape index (κ2) is 9.29. The molecule has 0 aromatic heterocycles. The molecule has 1 aliphatic rings. The molecule has 0 spiro atoms. The standard InChI is InChI=1S/C20H24N4O4/c1-28-19-13-17(24(26)27)7-8-18(19)21-20(25)15-23-11-9-22(10-12-23)14-16-5-3-2-4-6-16/h2-8,13H,9-12,14-15H2,1H3,(H,21,25)/p+2. The van der Waals surface area contributed by atoms with Gasteiger partial charge in [-0.25, -0.2) is 0 Å². The summed E-state index contributed by atoms with van der Waals surface area (Å²) in [6, 6.07) is 14.6. The van der Waals surface area contributed by atoms with Crippen LogP contribution in [0.15, 0.2) is 48.5 Å². The molecule has 8 nitrogen and oxygen atoms in total. The fraction of sp³-hybridized carbons (Fsp3) is 0.350. The Morgan fingerprint density at radius 3 is 2.43 bits per heavy atom. The van der Waals surface area contributed by atoms with Crippen LogP contribution in [0.2, 0.25) is 0 Å². The zero-order chi connectivity index (χ0) is 19.9. The summed E-state index contributed by atoms with van der Waals surface area (Å²) in [6.45, 7) is 5.32.